The molecule has 1 aliphatic heterocycles. The molecular formula is C17H21N5O. The zero-order chi connectivity index (χ0) is 16.1. The second-order valence-electron chi connectivity index (χ2n) is 5.59. The molecule has 0 spiro atoms. The number of rotatable bonds is 4. The van der Waals surface area contributed by atoms with Crippen LogP contribution in [0, 0.1) is 0 Å². The minimum Gasteiger partial charge on any atom is -0.357 e. The fourth-order valence-corrected chi connectivity index (χ4v) is 2.89. The van der Waals surface area contributed by atoms with Gasteiger partial charge in [0.15, 0.2) is 0 Å². The highest BCUT2D eigenvalue weighted by Gasteiger charge is 2.33. The van der Waals surface area contributed by atoms with Gasteiger partial charge >= 0.3 is 0 Å². The van der Waals surface area contributed by atoms with Crippen LogP contribution in [0.15, 0.2) is 48.8 Å². The van der Waals surface area contributed by atoms with Crippen molar-refractivity contribution >= 4 is 11.9 Å². The Balaban J connectivity index is 1.75. The third-order valence-electron chi connectivity index (χ3n) is 4.07. The van der Waals surface area contributed by atoms with Gasteiger partial charge in [0.25, 0.3) is 0 Å². The van der Waals surface area contributed by atoms with Crippen molar-refractivity contribution in [3.63, 3.8) is 0 Å². The van der Waals surface area contributed by atoms with Gasteiger partial charge in [-0.2, -0.15) is 0 Å². The third kappa shape index (κ3) is 3.65. The summed E-state index contributed by atoms with van der Waals surface area (Å²) in [5.74, 6) is 0.607. The van der Waals surface area contributed by atoms with E-state index in [1.54, 1.807) is 25.5 Å². The largest absolute Gasteiger partial charge is 0.357 e. The van der Waals surface area contributed by atoms with Crippen molar-refractivity contribution in [2.75, 3.05) is 31.6 Å². The minimum absolute atomic E-state index is 0.00443. The number of carbonyl (C=O) groups is 1. The summed E-state index contributed by atoms with van der Waals surface area (Å²) in [4.78, 5) is 25.2. The molecule has 120 valence electrons. The Morgan fingerprint density at radius 2 is 1.91 bits per heavy atom. The van der Waals surface area contributed by atoms with E-state index in [4.69, 9.17) is 0 Å². The van der Waals surface area contributed by atoms with Gasteiger partial charge in [0, 0.05) is 45.6 Å². The molecule has 0 unspecified atom stereocenters. The second kappa shape index (κ2) is 7.19. The lowest BCUT2D eigenvalue weighted by Gasteiger charge is -2.40. The van der Waals surface area contributed by atoms with E-state index in [0.717, 1.165) is 19.6 Å². The number of amides is 1. The molecule has 2 heterocycles. The van der Waals surface area contributed by atoms with Crippen LogP contribution in [-0.4, -0.2) is 53.5 Å². The quantitative estimate of drug-likeness (QED) is 0.909. The first-order valence-corrected chi connectivity index (χ1v) is 7.79. The van der Waals surface area contributed by atoms with Crippen LogP contribution in [0.5, 0.6) is 0 Å². The van der Waals surface area contributed by atoms with Crippen molar-refractivity contribution in [1.82, 2.24) is 20.2 Å². The number of nitrogens with one attached hydrogen (secondary N) is 1. The van der Waals surface area contributed by atoms with Crippen LogP contribution in [0.3, 0.4) is 0 Å². The fraction of sp³-hybridized carbons (Fsp3) is 0.353. The van der Waals surface area contributed by atoms with Gasteiger partial charge in [0.2, 0.25) is 11.9 Å². The summed E-state index contributed by atoms with van der Waals surface area (Å²) in [6, 6.07) is 11.8. The lowest BCUT2D eigenvalue weighted by molar-refractivity contribution is -0.122. The molecule has 0 aliphatic carbocycles. The number of nitrogens with zero attached hydrogens (tertiary/aromatic N) is 4. The predicted octanol–water partition coefficient (Wildman–Crippen LogP) is 0.913. The Labute approximate surface area is 136 Å². The van der Waals surface area contributed by atoms with E-state index in [0.29, 0.717) is 12.5 Å². The highest BCUT2D eigenvalue weighted by atomic mass is 16.2. The number of aromatic nitrogens is 2. The van der Waals surface area contributed by atoms with E-state index in [1.807, 2.05) is 23.1 Å². The Hall–Kier alpha value is -2.47. The molecule has 6 nitrogen and oxygen atoms in total. The van der Waals surface area contributed by atoms with Crippen LogP contribution >= 0.6 is 0 Å². The van der Waals surface area contributed by atoms with E-state index in [-0.39, 0.29) is 11.9 Å². The summed E-state index contributed by atoms with van der Waals surface area (Å²) in [5, 5.41) is 2.76. The minimum atomic E-state index is -0.278. The molecular weight excluding hydrogens is 290 g/mol. The van der Waals surface area contributed by atoms with Gasteiger partial charge < -0.3 is 10.2 Å². The molecule has 2 aromatic rings. The standard InChI is InChI=1S/C17H21N5O/c1-18-16(23)15-13-21(12-14-6-3-2-4-7-14)10-11-22(15)17-19-8-5-9-20-17/h2-9,15H,10-13H2,1H3,(H,18,23)/t15-/m1/s1. The van der Waals surface area contributed by atoms with Gasteiger partial charge in [-0.1, -0.05) is 30.3 Å². The van der Waals surface area contributed by atoms with E-state index in [9.17, 15) is 4.79 Å². The smallest absolute Gasteiger partial charge is 0.243 e. The first kappa shape index (κ1) is 15.4. The molecule has 1 atom stereocenters. The highest BCUT2D eigenvalue weighted by Crippen LogP contribution is 2.18. The second-order valence-corrected chi connectivity index (χ2v) is 5.59. The van der Waals surface area contributed by atoms with Crippen molar-refractivity contribution in [3.05, 3.63) is 54.4 Å². The summed E-state index contributed by atoms with van der Waals surface area (Å²) in [6.45, 7) is 3.11. The van der Waals surface area contributed by atoms with Crippen molar-refractivity contribution in [2.45, 2.75) is 12.6 Å². The molecule has 0 radical (unpaired) electrons. The van der Waals surface area contributed by atoms with Gasteiger partial charge in [0.1, 0.15) is 6.04 Å². The number of likely N-dealkylation sites (N-methyl/N-ethyl adjacent to an activating group) is 1. The SMILES string of the molecule is CNC(=O)[C@H]1CN(Cc2ccccc2)CCN1c1ncccn1. The zero-order valence-corrected chi connectivity index (χ0v) is 13.2. The van der Waals surface area contributed by atoms with Gasteiger partial charge in [-0.05, 0) is 11.6 Å². The highest BCUT2D eigenvalue weighted by molar-refractivity contribution is 5.85. The van der Waals surface area contributed by atoms with Crippen molar-refractivity contribution in [1.29, 1.82) is 0 Å². The predicted molar refractivity (Wildman–Crippen MR) is 89.0 cm³/mol. The molecule has 1 aromatic carbocycles. The number of anilines is 1. The number of benzene rings is 1. The molecule has 1 amide bonds. The summed E-state index contributed by atoms with van der Waals surface area (Å²) in [6.07, 6.45) is 3.42. The molecule has 1 aliphatic rings. The molecule has 3 rings (SSSR count). The Bertz CT molecular complexity index is 634. The summed E-state index contributed by atoms with van der Waals surface area (Å²) in [7, 11) is 1.67. The first-order chi connectivity index (χ1) is 11.3. The summed E-state index contributed by atoms with van der Waals surface area (Å²) in [5.41, 5.74) is 1.26. The molecule has 1 aromatic heterocycles. The maximum Gasteiger partial charge on any atom is 0.243 e. The van der Waals surface area contributed by atoms with Gasteiger partial charge in [0.05, 0.1) is 0 Å². The molecule has 0 bridgehead atoms. The fourth-order valence-electron chi connectivity index (χ4n) is 2.89. The first-order valence-electron chi connectivity index (χ1n) is 7.79. The number of carbonyl (C=O) groups excluding carboxylic acids is 1. The molecule has 1 fully saturated rings. The Morgan fingerprint density at radius 1 is 1.17 bits per heavy atom. The number of hydrogen-bond acceptors (Lipinski definition) is 5. The van der Waals surface area contributed by atoms with Crippen LogP contribution in [0.1, 0.15) is 5.56 Å². The molecule has 1 saturated heterocycles. The van der Waals surface area contributed by atoms with Gasteiger partial charge in [-0.15, -0.1) is 0 Å². The van der Waals surface area contributed by atoms with Crippen LogP contribution in [0.4, 0.5) is 5.95 Å². The number of hydrogen-bond donors (Lipinski definition) is 1. The molecule has 6 heteroatoms. The maximum absolute atomic E-state index is 12.3. The van der Waals surface area contributed by atoms with E-state index in [1.165, 1.54) is 5.56 Å². The van der Waals surface area contributed by atoms with E-state index in [2.05, 4.69) is 32.3 Å². The lowest BCUT2D eigenvalue weighted by Crippen LogP contribution is -2.59. The van der Waals surface area contributed by atoms with Crippen molar-refractivity contribution in [2.24, 2.45) is 0 Å². The summed E-state index contributed by atoms with van der Waals surface area (Å²) < 4.78 is 0. The topological polar surface area (TPSA) is 61.4 Å². The van der Waals surface area contributed by atoms with Gasteiger partial charge in [-0.25, -0.2) is 9.97 Å². The number of piperazine rings is 1. The maximum atomic E-state index is 12.3. The normalized spacial score (nSPS) is 18.7. The molecule has 23 heavy (non-hydrogen) atoms. The average molecular weight is 311 g/mol. The molecule has 0 saturated carbocycles. The van der Waals surface area contributed by atoms with Crippen LogP contribution < -0.4 is 10.2 Å². The monoisotopic (exact) mass is 311 g/mol. The Morgan fingerprint density at radius 3 is 2.61 bits per heavy atom. The van der Waals surface area contributed by atoms with Gasteiger partial charge in [-0.3, -0.25) is 9.69 Å². The van der Waals surface area contributed by atoms with Crippen LogP contribution in [0.2, 0.25) is 0 Å². The summed E-state index contributed by atoms with van der Waals surface area (Å²) >= 11 is 0. The average Bonchev–Trinajstić information content (AvgIpc) is 2.62. The molecule has 1 N–H and O–H groups in total. The zero-order valence-electron chi connectivity index (χ0n) is 13.2. The van der Waals surface area contributed by atoms with Crippen molar-refractivity contribution in [3.8, 4) is 0 Å². The van der Waals surface area contributed by atoms with Crippen LogP contribution in [0.25, 0.3) is 0 Å². The lowest BCUT2D eigenvalue weighted by atomic mass is 10.1. The third-order valence-corrected chi connectivity index (χ3v) is 4.07. The van der Waals surface area contributed by atoms with E-state index < -0.39 is 0 Å². The van der Waals surface area contributed by atoms with Crippen LogP contribution in [-0.2, 0) is 11.3 Å². The van der Waals surface area contributed by atoms with Crippen molar-refractivity contribution < 1.29 is 4.79 Å². The van der Waals surface area contributed by atoms with E-state index >= 15 is 0 Å². The Kier molecular flexibility index (Phi) is 4.83.